The monoisotopic (exact) mass is 497 g/mol. The molecule has 4 heterocycles. The molecule has 182 valence electrons. The predicted octanol–water partition coefficient (Wildman–Crippen LogP) is 3.47. The summed E-state index contributed by atoms with van der Waals surface area (Å²) in [6.07, 6.45) is 7.11. The lowest BCUT2D eigenvalue weighted by Crippen LogP contribution is -2.29. The topological polar surface area (TPSA) is 131 Å². The van der Waals surface area contributed by atoms with Gasteiger partial charge in [0, 0.05) is 30.1 Å². The van der Waals surface area contributed by atoms with E-state index in [1.807, 2.05) is 19.9 Å². The van der Waals surface area contributed by atoms with Gasteiger partial charge in [0.05, 0.1) is 26.5 Å². The van der Waals surface area contributed by atoms with E-state index in [-0.39, 0.29) is 27.7 Å². The Kier molecular flexibility index (Phi) is 5.39. The highest BCUT2D eigenvalue weighted by molar-refractivity contribution is 7.92. The van der Waals surface area contributed by atoms with Crippen molar-refractivity contribution in [2.45, 2.75) is 30.9 Å². The quantitative estimate of drug-likeness (QED) is 0.408. The molecule has 35 heavy (non-hydrogen) atoms. The van der Waals surface area contributed by atoms with Crippen molar-refractivity contribution in [2.75, 3.05) is 18.9 Å². The van der Waals surface area contributed by atoms with Crippen molar-refractivity contribution in [3.05, 3.63) is 54.0 Å². The first-order valence-corrected chi connectivity index (χ1v) is 12.1. The number of pyridine rings is 1. The fraction of sp³-hybridized carbons (Fsp3) is 0.261. The average molecular weight is 498 g/mol. The van der Waals surface area contributed by atoms with Crippen LogP contribution in [0.2, 0.25) is 0 Å². The van der Waals surface area contributed by atoms with Crippen molar-refractivity contribution in [3.8, 4) is 17.4 Å². The number of hydrogen-bond acceptors (Lipinski definition) is 9. The molecule has 1 aliphatic rings. The van der Waals surface area contributed by atoms with Crippen LogP contribution in [0.15, 0.2) is 52.2 Å². The van der Waals surface area contributed by atoms with E-state index in [2.05, 4.69) is 20.0 Å². The van der Waals surface area contributed by atoms with Crippen LogP contribution in [0, 0.1) is 0 Å². The van der Waals surface area contributed by atoms with Gasteiger partial charge in [-0.2, -0.15) is 5.10 Å². The fourth-order valence-corrected chi connectivity index (χ4v) is 4.93. The van der Waals surface area contributed by atoms with Gasteiger partial charge in [-0.15, -0.1) is 0 Å². The molecule has 0 radical (unpaired) electrons. The lowest BCUT2D eigenvalue weighted by molar-refractivity contribution is 0.154. The number of anilines is 1. The third kappa shape index (κ3) is 4.28. The minimum absolute atomic E-state index is 0.0582. The summed E-state index contributed by atoms with van der Waals surface area (Å²) in [7, 11) is -1.28. The summed E-state index contributed by atoms with van der Waals surface area (Å²) in [5.41, 5.74) is 0.805. The minimum atomic E-state index is -4.18. The lowest BCUT2D eigenvalue weighted by Gasteiger charge is -2.29. The van der Waals surface area contributed by atoms with E-state index >= 15 is 0 Å². The molecule has 0 aliphatic carbocycles. The zero-order valence-electron chi connectivity index (χ0n) is 19.5. The van der Waals surface area contributed by atoms with Crippen molar-refractivity contribution < 1.29 is 27.2 Å². The van der Waals surface area contributed by atoms with E-state index in [4.69, 9.17) is 18.7 Å². The van der Waals surface area contributed by atoms with Crippen LogP contribution in [0.5, 0.6) is 17.4 Å². The number of ether oxygens (including phenoxy) is 3. The molecule has 0 saturated heterocycles. The van der Waals surface area contributed by atoms with E-state index in [0.717, 1.165) is 0 Å². The van der Waals surface area contributed by atoms with Gasteiger partial charge < -0.3 is 18.7 Å². The van der Waals surface area contributed by atoms with Crippen LogP contribution < -0.4 is 18.9 Å². The van der Waals surface area contributed by atoms with Gasteiger partial charge >= 0.3 is 0 Å². The molecule has 3 aromatic heterocycles. The highest BCUT2D eigenvalue weighted by Gasteiger charge is 2.31. The second kappa shape index (κ2) is 8.31. The number of nitrogens with one attached hydrogen (secondary N) is 1. The van der Waals surface area contributed by atoms with Crippen molar-refractivity contribution in [1.82, 2.24) is 19.9 Å². The molecule has 11 nitrogen and oxygen atoms in total. The maximum atomic E-state index is 13.5. The summed E-state index contributed by atoms with van der Waals surface area (Å²) in [5, 5.41) is 8.40. The van der Waals surface area contributed by atoms with Crippen LogP contribution >= 0.6 is 0 Å². The number of aromatic nitrogens is 4. The Labute approximate surface area is 201 Å². The Morgan fingerprint density at radius 2 is 2.00 bits per heavy atom. The number of sulfonamides is 1. The van der Waals surface area contributed by atoms with Gasteiger partial charge in [0.25, 0.3) is 10.0 Å². The zero-order valence-corrected chi connectivity index (χ0v) is 20.3. The van der Waals surface area contributed by atoms with Crippen LogP contribution in [0.4, 0.5) is 5.82 Å². The minimum Gasteiger partial charge on any atom is -0.497 e. The summed E-state index contributed by atoms with van der Waals surface area (Å²) in [5.74, 6) is 0.684. The summed E-state index contributed by atoms with van der Waals surface area (Å²) in [6, 6.07) is 6.57. The first-order chi connectivity index (χ1) is 16.7. The van der Waals surface area contributed by atoms with E-state index in [0.29, 0.717) is 29.1 Å². The van der Waals surface area contributed by atoms with Crippen molar-refractivity contribution >= 4 is 32.9 Å². The average Bonchev–Trinajstić information content (AvgIpc) is 3.47. The number of fused-ring (bicyclic) bond motifs is 2. The SMILES string of the molecule is COc1cc2c(c(S(=O)(=O)Nc3noc4cc(Cn5cccn5)nc(OC)c34)c1)OC(C)(C)C=C2. The number of nitrogens with zero attached hydrogens (tertiary/aromatic N) is 4. The number of hydrogen-bond donors (Lipinski definition) is 1. The molecule has 4 aromatic rings. The third-order valence-electron chi connectivity index (χ3n) is 5.39. The molecule has 5 rings (SSSR count). The normalized spacial score (nSPS) is 14.4. The van der Waals surface area contributed by atoms with Crippen LogP contribution in [-0.4, -0.2) is 48.2 Å². The van der Waals surface area contributed by atoms with Gasteiger partial charge in [0.15, 0.2) is 11.4 Å². The standard InChI is InChI=1S/C23H23N5O6S/c1-23(2)7-6-14-10-16(31-3)12-18(20(14)33-23)35(29,30)27-21-19-17(34-26-21)11-15(25-22(19)32-4)13-28-9-5-8-24-28/h5-12H,13H2,1-4H3,(H,26,27). The number of methoxy groups -OCH3 is 2. The van der Waals surface area contributed by atoms with Gasteiger partial charge in [-0.1, -0.05) is 11.2 Å². The maximum absolute atomic E-state index is 13.5. The molecule has 1 aromatic carbocycles. The molecule has 0 spiro atoms. The van der Waals surface area contributed by atoms with Crippen LogP contribution in [0.3, 0.4) is 0 Å². The third-order valence-corrected chi connectivity index (χ3v) is 6.74. The van der Waals surface area contributed by atoms with Crippen molar-refractivity contribution in [3.63, 3.8) is 0 Å². The van der Waals surface area contributed by atoms with E-state index in [1.165, 1.54) is 20.3 Å². The van der Waals surface area contributed by atoms with Crippen LogP contribution in [0.25, 0.3) is 17.0 Å². The smallest absolute Gasteiger partial charge is 0.267 e. The predicted molar refractivity (Wildman–Crippen MR) is 127 cm³/mol. The highest BCUT2D eigenvalue weighted by atomic mass is 32.2. The molecule has 0 fully saturated rings. The Hall–Kier alpha value is -4.06. The molecule has 0 saturated carbocycles. The molecule has 0 unspecified atom stereocenters. The molecule has 0 atom stereocenters. The Morgan fingerprint density at radius 1 is 1.17 bits per heavy atom. The van der Waals surface area contributed by atoms with E-state index in [1.54, 1.807) is 41.4 Å². The first-order valence-electron chi connectivity index (χ1n) is 10.6. The summed E-state index contributed by atoms with van der Waals surface area (Å²) >= 11 is 0. The second-order valence-electron chi connectivity index (χ2n) is 8.42. The Bertz CT molecular complexity index is 1540. The van der Waals surface area contributed by atoms with Crippen LogP contribution in [0.1, 0.15) is 25.1 Å². The Balaban J connectivity index is 1.56. The molecule has 0 amide bonds. The van der Waals surface area contributed by atoms with Gasteiger partial charge in [-0.05, 0) is 32.1 Å². The van der Waals surface area contributed by atoms with Crippen molar-refractivity contribution in [2.24, 2.45) is 0 Å². The maximum Gasteiger partial charge on any atom is 0.267 e. The van der Waals surface area contributed by atoms with Crippen LogP contribution in [-0.2, 0) is 16.6 Å². The molecule has 1 aliphatic heterocycles. The number of rotatable bonds is 7. The van der Waals surface area contributed by atoms with Gasteiger partial charge in [0.2, 0.25) is 5.88 Å². The fourth-order valence-electron chi connectivity index (χ4n) is 3.75. The molecular weight excluding hydrogens is 474 g/mol. The molecule has 1 N–H and O–H groups in total. The lowest BCUT2D eigenvalue weighted by atomic mass is 10.0. The van der Waals surface area contributed by atoms with Gasteiger partial charge in [-0.3, -0.25) is 9.40 Å². The highest BCUT2D eigenvalue weighted by Crippen LogP contribution is 2.41. The first kappa shape index (κ1) is 22.7. The largest absolute Gasteiger partial charge is 0.497 e. The molecule has 12 heteroatoms. The summed E-state index contributed by atoms with van der Waals surface area (Å²) in [4.78, 5) is 4.38. The van der Waals surface area contributed by atoms with Gasteiger partial charge in [0.1, 0.15) is 27.4 Å². The van der Waals surface area contributed by atoms with Gasteiger partial charge in [-0.25, -0.2) is 13.4 Å². The number of benzene rings is 1. The molecule has 0 bridgehead atoms. The summed E-state index contributed by atoms with van der Waals surface area (Å²) in [6.45, 7) is 4.05. The van der Waals surface area contributed by atoms with E-state index in [9.17, 15) is 8.42 Å². The summed E-state index contributed by atoms with van der Waals surface area (Å²) < 4.78 is 53.5. The second-order valence-corrected chi connectivity index (χ2v) is 10.1. The Morgan fingerprint density at radius 3 is 2.71 bits per heavy atom. The zero-order chi connectivity index (χ0) is 24.8. The van der Waals surface area contributed by atoms with E-state index < -0.39 is 15.6 Å². The molecular formula is C23H23N5O6S. The van der Waals surface area contributed by atoms with Crippen molar-refractivity contribution in [1.29, 1.82) is 0 Å².